The molecule has 1 N–H and O–H groups in total. The van der Waals surface area contributed by atoms with Crippen molar-refractivity contribution in [2.75, 3.05) is 20.9 Å². The minimum absolute atomic E-state index is 0.176. The Labute approximate surface area is 156 Å². The highest BCUT2D eigenvalue weighted by Crippen LogP contribution is 2.52. The number of nitriles is 1. The number of carbonyl (C=O) groups is 2. The minimum Gasteiger partial charge on any atom is -0.454 e. The Morgan fingerprint density at radius 2 is 2.23 bits per heavy atom. The van der Waals surface area contributed by atoms with Crippen molar-refractivity contribution in [2.24, 2.45) is 5.92 Å². The van der Waals surface area contributed by atoms with E-state index in [0.29, 0.717) is 17.9 Å². The lowest BCUT2D eigenvalue weighted by Crippen LogP contribution is -2.52. The zero-order chi connectivity index (χ0) is 18.9. The molecule has 0 spiro atoms. The van der Waals surface area contributed by atoms with Crippen molar-refractivity contribution in [3.05, 3.63) is 23.8 Å². The molecular formula is C18H21N3O4S. The fourth-order valence-electron chi connectivity index (χ4n) is 3.69. The van der Waals surface area contributed by atoms with E-state index in [4.69, 9.17) is 9.47 Å². The number of hydrogen-bond donors (Lipinski definition) is 1. The molecule has 2 aliphatic heterocycles. The topological polar surface area (TPSA) is 91.7 Å². The summed E-state index contributed by atoms with van der Waals surface area (Å²) in [6.45, 7) is 1.93. The van der Waals surface area contributed by atoms with E-state index < -0.39 is 10.8 Å². The quantitative estimate of drug-likeness (QED) is 0.783. The van der Waals surface area contributed by atoms with Crippen molar-refractivity contribution in [3.8, 4) is 17.6 Å². The molecule has 1 aromatic rings. The summed E-state index contributed by atoms with van der Waals surface area (Å²) in [5.74, 6) is 0.703. The zero-order valence-corrected chi connectivity index (χ0v) is 15.7. The van der Waals surface area contributed by atoms with Gasteiger partial charge in [-0.05, 0) is 31.7 Å². The summed E-state index contributed by atoms with van der Waals surface area (Å²) in [5, 5.41) is 12.1. The molecule has 4 unspecified atom stereocenters. The highest BCUT2D eigenvalue weighted by atomic mass is 32.2. The van der Waals surface area contributed by atoms with Gasteiger partial charge in [-0.25, -0.2) is 0 Å². The number of likely N-dealkylation sites (N-methyl/N-ethyl adjacent to an activating group) is 2. The van der Waals surface area contributed by atoms with Gasteiger partial charge in [-0.15, -0.1) is 11.8 Å². The first-order valence-electron chi connectivity index (χ1n) is 8.34. The summed E-state index contributed by atoms with van der Waals surface area (Å²) in [7, 11) is 3.39. The monoisotopic (exact) mass is 375 g/mol. The molecule has 138 valence electrons. The second kappa shape index (κ2) is 7.17. The van der Waals surface area contributed by atoms with Gasteiger partial charge in [0, 0.05) is 13.5 Å². The first-order chi connectivity index (χ1) is 12.5. The van der Waals surface area contributed by atoms with E-state index in [-0.39, 0.29) is 24.0 Å². The summed E-state index contributed by atoms with van der Waals surface area (Å²) < 4.78 is 10.8. The lowest BCUT2D eigenvalue weighted by Gasteiger charge is -2.37. The number of nitrogens with zero attached hydrogens (tertiary/aromatic N) is 2. The molecule has 2 aliphatic rings. The molecule has 26 heavy (non-hydrogen) atoms. The van der Waals surface area contributed by atoms with Crippen LogP contribution in [0, 0.1) is 17.2 Å². The molecule has 0 radical (unpaired) electrons. The first-order valence-corrected chi connectivity index (χ1v) is 9.22. The van der Waals surface area contributed by atoms with Gasteiger partial charge < -0.3 is 19.6 Å². The Hall–Kier alpha value is -2.24. The molecule has 0 saturated carbocycles. The Morgan fingerprint density at radius 3 is 2.88 bits per heavy atom. The van der Waals surface area contributed by atoms with Gasteiger partial charge in [0.2, 0.25) is 6.79 Å². The zero-order valence-electron chi connectivity index (χ0n) is 14.9. The molecule has 1 aromatic carbocycles. The van der Waals surface area contributed by atoms with Crippen LogP contribution in [0.1, 0.15) is 24.9 Å². The van der Waals surface area contributed by atoms with Crippen molar-refractivity contribution >= 4 is 24.0 Å². The number of rotatable bonds is 5. The predicted octanol–water partition coefficient (Wildman–Crippen LogP) is 1.69. The van der Waals surface area contributed by atoms with Gasteiger partial charge in [-0.2, -0.15) is 5.26 Å². The lowest BCUT2D eigenvalue weighted by atomic mass is 9.94. The van der Waals surface area contributed by atoms with Gasteiger partial charge in [0.1, 0.15) is 11.2 Å². The van der Waals surface area contributed by atoms with Crippen LogP contribution in [-0.2, 0) is 9.59 Å². The summed E-state index contributed by atoms with van der Waals surface area (Å²) in [5.41, 5.74) is 0.883. The van der Waals surface area contributed by atoms with E-state index in [0.717, 1.165) is 11.8 Å². The van der Waals surface area contributed by atoms with Crippen LogP contribution in [-0.4, -0.2) is 48.1 Å². The largest absolute Gasteiger partial charge is 0.454 e. The molecule has 1 saturated heterocycles. The molecule has 2 heterocycles. The minimum atomic E-state index is -0.990. The highest BCUT2D eigenvalue weighted by molar-refractivity contribution is 8.02. The molecule has 1 amide bonds. The highest BCUT2D eigenvalue weighted by Gasteiger charge is 2.56. The number of likely N-dealkylation sites (tertiary alicyclic amines) is 1. The van der Waals surface area contributed by atoms with Crippen LogP contribution < -0.4 is 14.8 Å². The van der Waals surface area contributed by atoms with E-state index in [2.05, 4.69) is 11.4 Å². The number of hydrogen-bond acceptors (Lipinski definition) is 7. The van der Waals surface area contributed by atoms with Crippen molar-refractivity contribution in [3.63, 3.8) is 0 Å². The molecule has 3 rings (SSSR count). The number of ether oxygens (including phenoxy) is 2. The third-order valence-corrected chi connectivity index (χ3v) is 6.44. The van der Waals surface area contributed by atoms with Crippen LogP contribution in [0.4, 0.5) is 0 Å². The molecule has 8 heteroatoms. The number of amides is 1. The Bertz CT molecular complexity index is 765. The van der Waals surface area contributed by atoms with Gasteiger partial charge in [0.15, 0.2) is 11.5 Å². The number of benzene rings is 1. The van der Waals surface area contributed by atoms with E-state index >= 15 is 0 Å². The Kier molecular flexibility index (Phi) is 5.12. The average molecular weight is 375 g/mol. The molecular weight excluding hydrogens is 354 g/mol. The van der Waals surface area contributed by atoms with Crippen molar-refractivity contribution in [1.82, 2.24) is 10.2 Å². The molecule has 4 atom stereocenters. The van der Waals surface area contributed by atoms with E-state index in [1.807, 2.05) is 30.1 Å². The Morgan fingerprint density at radius 1 is 1.50 bits per heavy atom. The fraction of sp³-hybridized carbons (Fsp3) is 0.500. The summed E-state index contributed by atoms with van der Waals surface area (Å²) in [4.78, 5) is 24.9. The number of thioether (sulfide) groups is 1. The van der Waals surface area contributed by atoms with Gasteiger partial charge in [-0.3, -0.25) is 9.69 Å². The van der Waals surface area contributed by atoms with Crippen molar-refractivity contribution in [2.45, 2.75) is 29.5 Å². The van der Waals surface area contributed by atoms with Gasteiger partial charge >= 0.3 is 0 Å². The first kappa shape index (κ1) is 18.5. The molecule has 0 bridgehead atoms. The van der Waals surface area contributed by atoms with Crippen LogP contribution in [0.25, 0.3) is 0 Å². The maximum absolute atomic E-state index is 12.8. The van der Waals surface area contributed by atoms with Gasteiger partial charge in [-0.1, -0.05) is 6.07 Å². The van der Waals surface area contributed by atoms with Gasteiger partial charge in [0.05, 0.1) is 23.3 Å². The SMILES string of the molecule is CNC(=O)C1(SC(C)C=O)CC(C#N)C(c2ccc3c(c2)OCO3)N1C. The summed E-state index contributed by atoms with van der Waals surface area (Å²) >= 11 is 1.28. The van der Waals surface area contributed by atoms with Crippen LogP contribution >= 0.6 is 11.8 Å². The number of aldehydes is 1. The van der Waals surface area contributed by atoms with Crippen LogP contribution in [0.3, 0.4) is 0 Å². The van der Waals surface area contributed by atoms with E-state index in [1.54, 1.807) is 14.0 Å². The predicted molar refractivity (Wildman–Crippen MR) is 96.7 cm³/mol. The maximum atomic E-state index is 12.8. The molecule has 0 aliphatic carbocycles. The lowest BCUT2D eigenvalue weighted by molar-refractivity contribution is -0.126. The Balaban J connectivity index is 2.02. The molecule has 1 fully saturated rings. The van der Waals surface area contributed by atoms with Crippen molar-refractivity contribution < 1.29 is 19.1 Å². The fourth-order valence-corrected chi connectivity index (χ4v) is 5.12. The molecule has 7 nitrogen and oxygen atoms in total. The second-order valence-electron chi connectivity index (χ2n) is 6.43. The second-order valence-corrected chi connectivity index (χ2v) is 8.09. The van der Waals surface area contributed by atoms with E-state index in [1.165, 1.54) is 11.8 Å². The number of nitrogens with one attached hydrogen (secondary N) is 1. The van der Waals surface area contributed by atoms with Crippen LogP contribution in [0.2, 0.25) is 0 Å². The third kappa shape index (κ3) is 2.91. The maximum Gasteiger partial charge on any atom is 0.250 e. The molecule has 0 aromatic heterocycles. The number of fused-ring (bicyclic) bond motifs is 1. The van der Waals surface area contributed by atoms with Crippen LogP contribution in [0.5, 0.6) is 11.5 Å². The standard InChI is InChI=1S/C18H21N3O4S/c1-11(9-22)26-18(17(23)20-2)7-13(8-19)16(21(18)3)12-4-5-14-15(6-12)25-10-24-14/h4-6,9,11,13,16H,7,10H2,1-3H3,(H,20,23). The van der Waals surface area contributed by atoms with Crippen molar-refractivity contribution in [1.29, 1.82) is 5.26 Å². The summed E-state index contributed by atoms with van der Waals surface area (Å²) in [6.07, 6.45) is 1.15. The van der Waals surface area contributed by atoms with Gasteiger partial charge in [0.25, 0.3) is 5.91 Å². The number of carbonyl (C=O) groups excluding carboxylic acids is 2. The third-order valence-electron chi connectivity index (χ3n) is 4.92. The van der Waals surface area contributed by atoms with E-state index in [9.17, 15) is 14.9 Å². The normalized spacial score (nSPS) is 28.4. The average Bonchev–Trinajstić information content (AvgIpc) is 3.23. The summed E-state index contributed by atoms with van der Waals surface area (Å²) in [6, 6.07) is 7.63. The smallest absolute Gasteiger partial charge is 0.250 e. The van der Waals surface area contributed by atoms with Crippen LogP contribution in [0.15, 0.2) is 18.2 Å².